The van der Waals surface area contributed by atoms with E-state index in [0.29, 0.717) is 32.4 Å². The molecule has 0 spiro atoms. The van der Waals surface area contributed by atoms with Crippen molar-refractivity contribution in [3.8, 4) is 0 Å². The van der Waals surface area contributed by atoms with Crippen LogP contribution < -0.4 is 4.72 Å². The van der Waals surface area contributed by atoms with Crippen molar-refractivity contribution >= 4 is 15.9 Å². The van der Waals surface area contributed by atoms with Gasteiger partial charge in [0.05, 0.1) is 5.75 Å². The first kappa shape index (κ1) is 13.4. The Balaban J connectivity index is 2.14. The van der Waals surface area contributed by atoms with E-state index in [9.17, 15) is 13.2 Å². The van der Waals surface area contributed by atoms with E-state index in [4.69, 9.17) is 0 Å². The van der Waals surface area contributed by atoms with Gasteiger partial charge in [-0.2, -0.15) is 0 Å². The maximum atomic E-state index is 11.3. The predicted molar refractivity (Wildman–Crippen MR) is 62.5 cm³/mol. The van der Waals surface area contributed by atoms with Gasteiger partial charge in [0.25, 0.3) is 0 Å². The first-order chi connectivity index (χ1) is 7.55. The van der Waals surface area contributed by atoms with Crippen LogP contribution in [0, 0.1) is 0 Å². The van der Waals surface area contributed by atoms with Gasteiger partial charge in [-0.25, -0.2) is 13.1 Å². The SMILES string of the molecule is CCCS(=O)(=O)NCCCN1CCCC1=O. The Labute approximate surface area is 97.2 Å². The number of carbonyl (C=O) groups excluding carboxylic acids is 1. The third-order valence-corrected chi connectivity index (χ3v) is 4.16. The smallest absolute Gasteiger partial charge is 0.222 e. The van der Waals surface area contributed by atoms with Crippen LogP contribution in [0.3, 0.4) is 0 Å². The molecule has 0 radical (unpaired) electrons. The number of hydrogen-bond donors (Lipinski definition) is 1. The molecule has 1 aliphatic rings. The van der Waals surface area contributed by atoms with Gasteiger partial charge in [-0.1, -0.05) is 6.92 Å². The fraction of sp³-hybridized carbons (Fsp3) is 0.900. The minimum Gasteiger partial charge on any atom is -0.343 e. The Kier molecular flexibility index (Phi) is 5.21. The topological polar surface area (TPSA) is 66.5 Å². The number of nitrogens with one attached hydrogen (secondary N) is 1. The Bertz CT molecular complexity index is 327. The average molecular weight is 248 g/mol. The standard InChI is InChI=1S/C10H20N2O3S/c1-2-9-16(14,15)11-6-4-8-12-7-3-5-10(12)13/h11H,2-9H2,1H3. The van der Waals surface area contributed by atoms with E-state index in [1.165, 1.54) is 0 Å². The van der Waals surface area contributed by atoms with Crippen LogP contribution in [0.2, 0.25) is 0 Å². The normalized spacial score (nSPS) is 17.1. The number of nitrogens with zero attached hydrogens (tertiary/aromatic N) is 1. The van der Waals surface area contributed by atoms with Crippen molar-refractivity contribution in [3.05, 3.63) is 0 Å². The maximum Gasteiger partial charge on any atom is 0.222 e. The van der Waals surface area contributed by atoms with Gasteiger partial charge in [-0.3, -0.25) is 4.79 Å². The molecule has 0 aromatic carbocycles. The molecule has 1 heterocycles. The van der Waals surface area contributed by atoms with Gasteiger partial charge >= 0.3 is 0 Å². The summed E-state index contributed by atoms with van der Waals surface area (Å²) in [4.78, 5) is 13.1. The minimum absolute atomic E-state index is 0.176. The number of likely N-dealkylation sites (tertiary alicyclic amines) is 1. The quantitative estimate of drug-likeness (QED) is 0.660. The van der Waals surface area contributed by atoms with Crippen LogP contribution in [0.5, 0.6) is 0 Å². The average Bonchev–Trinajstić information content (AvgIpc) is 2.59. The van der Waals surface area contributed by atoms with E-state index in [1.807, 2.05) is 6.92 Å². The molecule has 0 aromatic rings. The van der Waals surface area contributed by atoms with Gasteiger partial charge in [-0.05, 0) is 19.3 Å². The van der Waals surface area contributed by atoms with Crippen molar-refractivity contribution in [3.63, 3.8) is 0 Å². The van der Waals surface area contributed by atoms with Crippen LogP contribution in [0.4, 0.5) is 0 Å². The summed E-state index contributed by atoms with van der Waals surface area (Å²) in [6, 6.07) is 0. The number of hydrogen-bond acceptors (Lipinski definition) is 3. The summed E-state index contributed by atoms with van der Waals surface area (Å²) >= 11 is 0. The highest BCUT2D eigenvalue weighted by atomic mass is 32.2. The van der Waals surface area contributed by atoms with Gasteiger partial charge in [0.2, 0.25) is 15.9 Å². The van der Waals surface area contributed by atoms with Gasteiger partial charge in [0, 0.05) is 26.1 Å². The zero-order valence-corrected chi connectivity index (χ0v) is 10.6. The van der Waals surface area contributed by atoms with Crippen LogP contribution in [0.25, 0.3) is 0 Å². The monoisotopic (exact) mass is 248 g/mol. The summed E-state index contributed by atoms with van der Waals surface area (Å²) in [6.45, 7) is 3.74. The highest BCUT2D eigenvalue weighted by Crippen LogP contribution is 2.09. The molecule has 6 heteroatoms. The predicted octanol–water partition coefficient (Wildman–Crippen LogP) is 0.328. The van der Waals surface area contributed by atoms with Crippen LogP contribution in [-0.2, 0) is 14.8 Å². The van der Waals surface area contributed by atoms with Crippen molar-refractivity contribution in [2.75, 3.05) is 25.4 Å². The summed E-state index contributed by atoms with van der Waals surface area (Å²) in [5.74, 6) is 0.367. The van der Waals surface area contributed by atoms with Crippen LogP contribution in [0.1, 0.15) is 32.6 Å². The molecule has 0 atom stereocenters. The highest BCUT2D eigenvalue weighted by Gasteiger charge is 2.19. The summed E-state index contributed by atoms with van der Waals surface area (Å²) in [5, 5.41) is 0. The molecule has 1 amide bonds. The van der Waals surface area contributed by atoms with Crippen LogP contribution in [-0.4, -0.2) is 44.6 Å². The van der Waals surface area contributed by atoms with Crippen molar-refractivity contribution in [2.45, 2.75) is 32.6 Å². The lowest BCUT2D eigenvalue weighted by atomic mass is 10.4. The van der Waals surface area contributed by atoms with Gasteiger partial charge in [0.1, 0.15) is 0 Å². The summed E-state index contributed by atoms with van der Waals surface area (Å²) in [6.07, 6.45) is 2.89. The fourth-order valence-corrected chi connectivity index (χ4v) is 2.92. The van der Waals surface area contributed by atoms with Gasteiger partial charge in [0.15, 0.2) is 0 Å². The Morgan fingerprint density at radius 3 is 2.75 bits per heavy atom. The zero-order chi connectivity index (χ0) is 12.0. The maximum absolute atomic E-state index is 11.3. The molecular formula is C10H20N2O3S. The Morgan fingerprint density at radius 2 is 2.19 bits per heavy atom. The van der Waals surface area contributed by atoms with Crippen molar-refractivity contribution in [1.82, 2.24) is 9.62 Å². The molecule has 16 heavy (non-hydrogen) atoms. The summed E-state index contributed by atoms with van der Waals surface area (Å²) < 4.78 is 25.1. The molecule has 1 rings (SSSR count). The van der Waals surface area contributed by atoms with Crippen molar-refractivity contribution in [1.29, 1.82) is 0 Å². The van der Waals surface area contributed by atoms with E-state index in [-0.39, 0.29) is 11.7 Å². The first-order valence-electron chi connectivity index (χ1n) is 5.80. The number of sulfonamides is 1. The number of rotatable bonds is 7. The summed E-state index contributed by atoms with van der Waals surface area (Å²) in [7, 11) is -3.09. The third-order valence-electron chi connectivity index (χ3n) is 2.57. The molecule has 94 valence electrons. The lowest BCUT2D eigenvalue weighted by Gasteiger charge is -2.15. The molecule has 1 fully saturated rings. The van der Waals surface area contributed by atoms with E-state index in [1.54, 1.807) is 4.90 Å². The molecule has 1 aliphatic heterocycles. The fourth-order valence-electron chi connectivity index (χ4n) is 1.78. The van der Waals surface area contributed by atoms with Crippen LogP contribution in [0.15, 0.2) is 0 Å². The second-order valence-corrected chi connectivity index (χ2v) is 5.98. The molecule has 1 saturated heterocycles. The first-order valence-corrected chi connectivity index (χ1v) is 7.45. The summed E-state index contributed by atoms with van der Waals surface area (Å²) in [5.41, 5.74) is 0. The Hall–Kier alpha value is -0.620. The molecule has 5 nitrogen and oxygen atoms in total. The van der Waals surface area contributed by atoms with E-state index in [2.05, 4.69) is 4.72 Å². The highest BCUT2D eigenvalue weighted by molar-refractivity contribution is 7.89. The van der Waals surface area contributed by atoms with Gasteiger partial charge < -0.3 is 4.90 Å². The number of carbonyl (C=O) groups is 1. The lowest BCUT2D eigenvalue weighted by molar-refractivity contribution is -0.127. The lowest BCUT2D eigenvalue weighted by Crippen LogP contribution is -2.31. The Morgan fingerprint density at radius 1 is 1.44 bits per heavy atom. The molecule has 0 aliphatic carbocycles. The van der Waals surface area contributed by atoms with Gasteiger partial charge in [-0.15, -0.1) is 0 Å². The molecule has 0 aromatic heterocycles. The molecule has 1 N–H and O–H groups in total. The van der Waals surface area contributed by atoms with Crippen LogP contribution >= 0.6 is 0 Å². The van der Waals surface area contributed by atoms with Crippen molar-refractivity contribution < 1.29 is 13.2 Å². The molecular weight excluding hydrogens is 228 g/mol. The third kappa shape index (κ3) is 4.49. The number of amides is 1. The van der Waals surface area contributed by atoms with Crippen molar-refractivity contribution in [2.24, 2.45) is 0 Å². The minimum atomic E-state index is -3.09. The molecule has 0 bridgehead atoms. The molecule has 0 unspecified atom stereocenters. The second kappa shape index (κ2) is 6.20. The second-order valence-electron chi connectivity index (χ2n) is 4.05. The largest absolute Gasteiger partial charge is 0.343 e. The molecule has 0 saturated carbocycles. The van der Waals surface area contributed by atoms with E-state index in [0.717, 1.165) is 13.0 Å². The zero-order valence-electron chi connectivity index (χ0n) is 9.74. The van der Waals surface area contributed by atoms with E-state index < -0.39 is 10.0 Å². The van der Waals surface area contributed by atoms with E-state index >= 15 is 0 Å².